The molecular weight excluding hydrogens is 331 g/mol. The average Bonchev–Trinajstić information content (AvgIpc) is 2.74. The van der Waals surface area contributed by atoms with E-state index in [9.17, 15) is 17.6 Å². The van der Waals surface area contributed by atoms with Crippen molar-refractivity contribution >= 4 is 33.2 Å². The quantitative estimate of drug-likeness (QED) is 0.909. The molecule has 1 fully saturated rings. The number of anilines is 1. The molecule has 0 radical (unpaired) electrons. The minimum atomic E-state index is -3.42. The molecule has 5 nitrogen and oxygen atoms in total. The monoisotopic (exact) mass is 348 g/mol. The Morgan fingerprint density at radius 1 is 1.41 bits per heavy atom. The molecule has 1 aliphatic rings. The molecule has 1 aromatic rings. The van der Waals surface area contributed by atoms with Gasteiger partial charge in [-0.15, -0.1) is 0 Å². The average molecular weight is 349 g/mol. The molecule has 0 aliphatic carbocycles. The smallest absolute Gasteiger partial charge is 0.243 e. The summed E-state index contributed by atoms with van der Waals surface area (Å²) in [5.41, 5.74) is 0.133. The van der Waals surface area contributed by atoms with Gasteiger partial charge in [-0.1, -0.05) is 25.4 Å². The Kier molecular flexibility index (Phi) is 5.09. The zero-order valence-electron chi connectivity index (χ0n) is 12.3. The lowest BCUT2D eigenvalue weighted by molar-refractivity contribution is -0.120. The Morgan fingerprint density at radius 2 is 2.09 bits per heavy atom. The summed E-state index contributed by atoms with van der Waals surface area (Å²) in [7, 11) is -3.42. The molecule has 0 saturated carbocycles. The number of nitrogens with zero attached hydrogens (tertiary/aromatic N) is 1. The minimum absolute atomic E-state index is 0.0459. The topological polar surface area (TPSA) is 66.5 Å². The molecule has 0 spiro atoms. The molecule has 1 aliphatic heterocycles. The van der Waals surface area contributed by atoms with Gasteiger partial charge in [-0.3, -0.25) is 4.79 Å². The maximum absolute atomic E-state index is 13.3. The number of nitrogens with one attached hydrogen (secondary N) is 1. The van der Waals surface area contributed by atoms with Crippen molar-refractivity contribution in [2.45, 2.75) is 26.3 Å². The number of halogens is 2. The van der Waals surface area contributed by atoms with Crippen LogP contribution in [0.25, 0.3) is 0 Å². The van der Waals surface area contributed by atoms with E-state index in [2.05, 4.69) is 5.32 Å². The number of amides is 1. The van der Waals surface area contributed by atoms with Gasteiger partial charge in [0.05, 0.1) is 16.5 Å². The predicted molar refractivity (Wildman–Crippen MR) is 83.8 cm³/mol. The molecule has 1 N–H and O–H groups in total. The van der Waals surface area contributed by atoms with Crippen molar-refractivity contribution in [3.8, 4) is 0 Å². The van der Waals surface area contributed by atoms with Crippen LogP contribution in [-0.4, -0.2) is 37.0 Å². The van der Waals surface area contributed by atoms with Crippen molar-refractivity contribution in [1.29, 1.82) is 0 Å². The normalized spacial score (nSPS) is 19.3. The molecule has 0 bridgehead atoms. The van der Waals surface area contributed by atoms with Crippen LogP contribution in [0.5, 0.6) is 0 Å². The van der Waals surface area contributed by atoms with E-state index in [1.165, 1.54) is 16.4 Å². The summed E-state index contributed by atoms with van der Waals surface area (Å²) < 4.78 is 38.6. The number of hydrogen-bond donors (Lipinski definition) is 1. The van der Waals surface area contributed by atoms with Crippen LogP contribution in [0.4, 0.5) is 10.1 Å². The highest BCUT2D eigenvalue weighted by atomic mass is 35.5. The first-order chi connectivity index (χ1) is 10.2. The molecule has 2 rings (SSSR count). The highest BCUT2D eigenvalue weighted by Gasteiger charge is 2.40. The van der Waals surface area contributed by atoms with Gasteiger partial charge in [0, 0.05) is 6.54 Å². The molecule has 8 heteroatoms. The van der Waals surface area contributed by atoms with Crippen molar-refractivity contribution in [3.05, 3.63) is 29.0 Å². The lowest BCUT2D eigenvalue weighted by atomic mass is 10.0. The van der Waals surface area contributed by atoms with E-state index in [1.807, 2.05) is 0 Å². The van der Waals surface area contributed by atoms with Crippen LogP contribution < -0.4 is 5.32 Å². The Hall–Kier alpha value is -1.18. The van der Waals surface area contributed by atoms with E-state index in [-0.39, 0.29) is 22.4 Å². The van der Waals surface area contributed by atoms with Gasteiger partial charge in [0.1, 0.15) is 11.9 Å². The first-order valence-electron chi connectivity index (χ1n) is 6.98. The van der Waals surface area contributed by atoms with Crippen LogP contribution in [0.1, 0.15) is 20.3 Å². The maximum Gasteiger partial charge on any atom is 0.243 e. The van der Waals surface area contributed by atoms with Gasteiger partial charge in [-0.25, -0.2) is 12.8 Å². The molecule has 22 heavy (non-hydrogen) atoms. The van der Waals surface area contributed by atoms with Crippen LogP contribution in [0.15, 0.2) is 18.2 Å². The first kappa shape index (κ1) is 17.2. The number of carbonyl (C=O) groups is 1. The molecule has 1 amide bonds. The van der Waals surface area contributed by atoms with Crippen LogP contribution >= 0.6 is 11.6 Å². The van der Waals surface area contributed by atoms with E-state index >= 15 is 0 Å². The summed E-state index contributed by atoms with van der Waals surface area (Å²) in [4.78, 5) is 12.5. The molecule has 1 aromatic carbocycles. The summed E-state index contributed by atoms with van der Waals surface area (Å²) in [6.45, 7) is 3.85. The number of hydrogen-bond acceptors (Lipinski definition) is 3. The van der Waals surface area contributed by atoms with Gasteiger partial charge in [0.15, 0.2) is 0 Å². The third-order valence-corrected chi connectivity index (χ3v) is 5.79. The zero-order chi connectivity index (χ0) is 16.5. The van der Waals surface area contributed by atoms with Crippen LogP contribution in [-0.2, 0) is 14.8 Å². The van der Waals surface area contributed by atoms with Crippen LogP contribution in [0.2, 0.25) is 5.02 Å². The van der Waals surface area contributed by atoms with Crippen molar-refractivity contribution in [2.75, 3.05) is 17.6 Å². The van der Waals surface area contributed by atoms with E-state index in [0.29, 0.717) is 13.0 Å². The Bertz CT molecular complexity index is 679. The lowest BCUT2D eigenvalue weighted by Crippen LogP contribution is -2.48. The van der Waals surface area contributed by atoms with Crippen LogP contribution in [0.3, 0.4) is 0 Å². The fraction of sp³-hybridized carbons (Fsp3) is 0.500. The molecule has 0 aromatic heterocycles. The number of sulfonamides is 1. The van der Waals surface area contributed by atoms with Crippen molar-refractivity contribution < 1.29 is 17.6 Å². The second-order valence-corrected chi connectivity index (χ2v) is 8.03. The van der Waals surface area contributed by atoms with Gasteiger partial charge in [-0.2, -0.15) is 4.31 Å². The van der Waals surface area contributed by atoms with E-state index < -0.39 is 27.8 Å². The standard InChI is InChI=1S/C14H18ClFN2O3S/c1-9(2)13(18-6-3-7-22(18,20)21)14(19)17-12-8-10(16)4-5-11(12)15/h4-5,8-9,13H,3,6-7H2,1-2H3,(H,17,19)/t13-/m1/s1. The van der Waals surface area contributed by atoms with Gasteiger partial charge in [0.2, 0.25) is 15.9 Å². The van der Waals surface area contributed by atoms with Crippen molar-refractivity contribution in [2.24, 2.45) is 5.92 Å². The Balaban J connectivity index is 2.26. The largest absolute Gasteiger partial charge is 0.323 e. The van der Waals surface area contributed by atoms with Gasteiger partial charge < -0.3 is 5.32 Å². The highest BCUT2D eigenvalue weighted by Crippen LogP contribution is 2.26. The molecule has 1 atom stereocenters. The summed E-state index contributed by atoms with van der Waals surface area (Å²) in [6, 6.07) is 2.79. The van der Waals surface area contributed by atoms with Crippen LogP contribution in [0, 0.1) is 11.7 Å². The maximum atomic E-state index is 13.3. The SMILES string of the molecule is CC(C)[C@H](C(=O)Nc1cc(F)ccc1Cl)N1CCCS1(=O)=O. The van der Waals surface area contributed by atoms with Crippen molar-refractivity contribution in [1.82, 2.24) is 4.31 Å². The number of rotatable bonds is 4. The van der Waals surface area contributed by atoms with Crippen molar-refractivity contribution in [3.63, 3.8) is 0 Å². The molecular formula is C14H18ClFN2O3S. The third-order valence-electron chi connectivity index (χ3n) is 3.53. The zero-order valence-corrected chi connectivity index (χ0v) is 13.9. The summed E-state index contributed by atoms with van der Waals surface area (Å²) in [6.07, 6.45) is 0.500. The van der Waals surface area contributed by atoms with E-state index in [0.717, 1.165) is 6.07 Å². The Morgan fingerprint density at radius 3 is 2.64 bits per heavy atom. The molecule has 0 unspecified atom stereocenters. The summed E-state index contributed by atoms with van der Waals surface area (Å²) >= 11 is 5.93. The predicted octanol–water partition coefficient (Wildman–Crippen LogP) is 2.48. The number of benzene rings is 1. The highest BCUT2D eigenvalue weighted by molar-refractivity contribution is 7.89. The minimum Gasteiger partial charge on any atom is -0.323 e. The van der Waals surface area contributed by atoms with Gasteiger partial charge in [-0.05, 0) is 30.5 Å². The molecule has 122 valence electrons. The molecule has 1 heterocycles. The molecule has 1 saturated heterocycles. The Labute approximate surface area is 134 Å². The van der Waals surface area contributed by atoms with Gasteiger partial charge >= 0.3 is 0 Å². The second-order valence-electron chi connectivity index (χ2n) is 5.58. The fourth-order valence-corrected chi connectivity index (χ4v) is 4.52. The fourth-order valence-electron chi connectivity index (χ4n) is 2.54. The van der Waals surface area contributed by atoms with Gasteiger partial charge in [0.25, 0.3) is 0 Å². The second kappa shape index (κ2) is 6.52. The lowest BCUT2D eigenvalue weighted by Gasteiger charge is -2.28. The third kappa shape index (κ3) is 3.59. The van der Waals surface area contributed by atoms with E-state index in [1.54, 1.807) is 13.8 Å². The van der Waals surface area contributed by atoms with E-state index in [4.69, 9.17) is 11.6 Å². The first-order valence-corrected chi connectivity index (χ1v) is 8.96. The number of carbonyl (C=O) groups excluding carboxylic acids is 1. The summed E-state index contributed by atoms with van der Waals surface area (Å²) in [5, 5.41) is 2.73. The summed E-state index contributed by atoms with van der Waals surface area (Å²) in [5.74, 6) is -1.22.